The van der Waals surface area contributed by atoms with Crippen molar-refractivity contribution in [3.63, 3.8) is 0 Å². The Hall–Kier alpha value is -1.68. The quantitative estimate of drug-likeness (QED) is 0.829. The summed E-state index contributed by atoms with van der Waals surface area (Å²) in [4.78, 5) is 8.36. The zero-order valence-corrected chi connectivity index (χ0v) is 8.77. The van der Waals surface area contributed by atoms with Gasteiger partial charge in [-0.1, -0.05) is 6.07 Å². The van der Waals surface area contributed by atoms with Crippen LogP contribution in [-0.2, 0) is 0 Å². The molecule has 0 fully saturated rings. The second-order valence-corrected chi connectivity index (χ2v) is 3.29. The molecule has 0 amide bonds. The zero-order chi connectivity index (χ0) is 10.7. The Labute approximate surface area is 88.4 Å². The standard InChI is InChI=1S/C11H13N3O/c1-8(12-2)10-7-14-11(15-10)9-5-3-4-6-13-9/h3-8,12H,1-2H3. The summed E-state index contributed by atoms with van der Waals surface area (Å²) in [6.45, 7) is 2.02. The van der Waals surface area contributed by atoms with Crippen LogP contribution < -0.4 is 5.32 Å². The van der Waals surface area contributed by atoms with E-state index in [0.29, 0.717) is 5.89 Å². The van der Waals surface area contributed by atoms with E-state index in [1.807, 2.05) is 32.2 Å². The predicted molar refractivity (Wildman–Crippen MR) is 57.2 cm³/mol. The molecule has 2 rings (SSSR count). The molecule has 2 heterocycles. The van der Waals surface area contributed by atoms with Gasteiger partial charge in [0.25, 0.3) is 0 Å². The summed E-state index contributed by atoms with van der Waals surface area (Å²) >= 11 is 0. The second-order valence-electron chi connectivity index (χ2n) is 3.29. The highest BCUT2D eigenvalue weighted by atomic mass is 16.4. The highest BCUT2D eigenvalue weighted by molar-refractivity contribution is 5.45. The van der Waals surface area contributed by atoms with Gasteiger partial charge in [0.2, 0.25) is 5.89 Å². The maximum atomic E-state index is 5.59. The number of aromatic nitrogens is 2. The van der Waals surface area contributed by atoms with Crippen molar-refractivity contribution < 1.29 is 4.42 Å². The van der Waals surface area contributed by atoms with Crippen LogP contribution in [-0.4, -0.2) is 17.0 Å². The lowest BCUT2D eigenvalue weighted by atomic mass is 10.3. The Bertz CT molecular complexity index is 424. The molecule has 15 heavy (non-hydrogen) atoms. The number of hydrogen-bond donors (Lipinski definition) is 1. The maximum absolute atomic E-state index is 5.59. The van der Waals surface area contributed by atoms with Crippen LogP contribution in [0, 0.1) is 0 Å². The molecule has 4 heteroatoms. The first-order valence-corrected chi connectivity index (χ1v) is 4.85. The van der Waals surface area contributed by atoms with Crippen molar-refractivity contribution in [3.05, 3.63) is 36.4 Å². The average molecular weight is 203 g/mol. The molecule has 0 saturated heterocycles. The molecule has 78 valence electrons. The van der Waals surface area contributed by atoms with Crippen molar-refractivity contribution >= 4 is 0 Å². The summed E-state index contributed by atoms with van der Waals surface area (Å²) in [6, 6.07) is 5.81. The maximum Gasteiger partial charge on any atom is 0.245 e. The van der Waals surface area contributed by atoms with Crippen molar-refractivity contribution in [2.24, 2.45) is 0 Å². The van der Waals surface area contributed by atoms with E-state index >= 15 is 0 Å². The Kier molecular flexibility index (Phi) is 2.78. The van der Waals surface area contributed by atoms with Crippen LogP contribution in [0.4, 0.5) is 0 Å². The molecule has 1 atom stereocenters. The lowest BCUT2D eigenvalue weighted by Gasteiger charge is -2.03. The second kappa shape index (κ2) is 4.23. The molecule has 0 aromatic carbocycles. The summed E-state index contributed by atoms with van der Waals surface area (Å²) in [6.07, 6.45) is 3.45. The van der Waals surface area contributed by atoms with Gasteiger partial charge in [0, 0.05) is 6.20 Å². The van der Waals surface area contributed by atoms with E-state index in [0.717, 1.165) is 11.5 Å². The van der Waals surface area contributed by atoms with Crippen LogP contribution in [0.25, 0.3) is 11.6 Å². The van der Waals surface area contributed by atoms with Gasteiger partial charge in [0.05, 0.1) is 12.2 Å². The van der Waals surface area contributed by atoms with Gasteiger partial charge in [0.15, 0.2) is 0 Å². The summed E-state index contributed by atoms with van der Waals surface area (Å²) < 4.78 is 5.59. The third-order valence-electron chi connectivity index (χ3n) is 2.27. The molecule has 1 N–H and O–H groups in total. The summed E-state index contributed by atoms with van der Waals surface area (Å²) in [7, 11) is 1.88. The van der Waals surface area contributed by atoms with Crippen LogP contribution in [0.15, 0.2) is 35.0 Å². The molecule has 0 aliphatic rings. The van der Waals surface area contributed by atoms with E-state index in [1.54, 1.807) is 12.4 Å². The van der Waals surface area contributed by atoms with Crippen LogP contribution in [0.3, 0.4) is 0 Å². The number of pyridine rings is 1. The predicted octanol–water partition coefficient (Wildman–Crippen LogP) is 2.02. The SMILES string of the molecule is CNC(C)c1cnc(-c2ccccn2)o1. The van der Waals surface area contributed by atoms with Crippen molar-refractivity contribution in [2.75, 3.05) is 7.05 Å². The number of nitrogens with zero attached hydrogens (tertiary/aromatic N) is 2. The molecule has 0 aliphatic carbocycles. The van der Waals surface area contributed by atoms with Gasteiger partial charge in [-0.2, -0.15) is 0 Å². The fourth-order valence-corrected chi connectivity index (χ4v) is 1.24. The summed E-state index contributed by atoms with van der Waals surface area (Å²) in [5.74, 6) is 1.38. The number of nitrogens with one attached hydrogen (secondary N) is 1. The van der Waals surface area contributed by atoms with Crippen molar-refractivity contribution in [1.82, 2.24) is 15.3 Å². The van der Waals surface area contributed by atoms with Crippen molar-refractivity contribution in [2.45, 2.75) is 13.0 Å². The van der Waals surface area contributed by atoms with Gasteiger partial charge in [-0.25, -0.2) is 4.98 Å². The third-order valence-corrected chi connectivity index (χ3v) is 2.27. The molecule has 1 unspecified atom stereocenters. The van der Waals surface area contributed by atoms with Crippen LogP contribution in [0.1, 0.15) is 18.7 Å². The van der Waals surface area contributed by atoms with Gasteiger partial charge in [-0.3, -0.25) is 4.98 Å². The van der Waals surface area contributed by atoms with Crippen LogP contribution >= 0.6 is 0 Å². The van der Waals surface area contributed by atoms with E-state index < -0.39 is 0 Å². The average Bonchev–Trinajstić information content (AvgIpc) is 2.78. The highest BCUT2D eigenvalue weighted by Crippen LogP contribution is 2.19. The van der Waals surface area contributed by atoms with Crippen molar-refractivity contribution in [1.29, 1.82) is 0 Å². The number of hydrogen-bond acceptors (Lipinski definition) is 4. The smallest absolute Gasteiger partial charge is 0.245 e. The minimum absolute atomic E-state index is 0.162. The molecule has 0 radical (unpaired) electrons. The van der Waals surface area contributed by atoms with E-state index in [-0.39, 0.29) is 6.04 Å². The van der Waals surface area contributed by atoms with E-state index in [9.17, 15) is 0 Å². The zero-order valence-electron chi connectivity index (χ0n) is 8.77. The molecular formula is C11H13N3O. The van der Waals surface area contributed by atoms with Gasteiger partial charge in [0.1, 0.15) is 11.5 Å². The molecule has 2 aromatic heterocycles. The summed E-state index contributed by atoms with van der Waals surface area (Å²) in [5, 5.41) is 3.09. The molecule has 4 nitrogen and oxygen atoms in total. The topological polar surface area (TPSA) is 51.0 Å². The fourth-order valence-electron chi connectivity index (χ4n) is 1.24. The largest absolute Gasteiger partial charge is 0.438 e. The Morgan fingerprint density at radius 1 is 1.33 bits per heavy atom. The molecule has 0 spiro atoms. The van der Waals surface area contributed by atoms with Gasteiger partial charge < -0.3 is 9.73 Å². The minimum Gasteiger partial charge on any atom is -0.438 e. The third kappa shape index (κ3) is 2.05. The van der Waals surface area contributed by atoms with Crippen LogP contribution in [0.2, 0.25) is 0 Å². The lowest BCUT2D eigenvalue weighted by molar-refractivity contribution is 0.455. The lowest BCUT2D eigenvalue weighted by Crippen LogP contribution is -2.11. The Balaban J connectivity index is 2.28. The summed E-state index contributed by atoms with van der Waals surface area (Å²) in [5.41, 5.74) is 0.757. The van der Waals surface area contributed by atoms with Gasteiger partial charge in [-0.05, 0) is 26.1 Å². The van der Waals surface area contributed by atoms with Crippen LogP contribution in [0.5, 0.6) is 0 Å². The van der Waals surface area contributed by atoms with E-state index in [4.69, 9.17) is 4.42 Å². The van der Waals surface area contributed by atoms with Gasteiger partial charge >= 0.3 is 0 Å². The first-order valence-electron chi connectivity index (χ1n) is 4.85. The molecule has 0 bridgehead atoms. The molecular weight excluding hydrogens is 190 g/mol. The Morgan fingerprint density at radius 3 is 2.87 bits per heavy atom. The first kappa shape index (κ1) is 9.86. The highest BCUT2D eigenvalue weighted by Gasteiger charge is 2.11. The molecule has 0 aliphatic heterocycles. The minimum atomic E-state index is 0.162. The Morgan fingerprint density at radius 2 is 2.20 bits per heavy atom. The molecule has 2 aromatic rings. The van der Waals surface area contributed by atoms with Gasteiger partial charge in [-0.15, -0.1) is 0 Å². The fraction of sp³-hybridized carbons (Fsp3) is 0.273. The van der Waals surface area contributed by atoms with E-state index in [1.165, 1.54) is 0 Å². The molecule has 0 saturated carbocycles. The monoisotopic (exact) mass is 203 g/mol. The number of rotatable bonds is 3. The normalized spacial score (nSPS) is 12.7. The number of oxazole rings is 1. The van der Waals surface area contributed by atoms with E-state index in [2.05, 4.69) is 15.3 Å². The first-order chi connectivity index (χ1) is 7.31. The van der Waals surface area contributed by atoms with Crippen molar-refractivity contribution in [3.8, 4) is 11.6 Å².